The third-order valence-corrected chi connectivity index (χ3v) is 3.78. The van der Waals surface area contributed by atoms with Gasteiger partial charge in [-0.05, 0) is 0 Å². The maximum atomic E-state index is 9.49. The highest BCUT2D eigenvalue weighted by Gasteiger charge is 2.36. The summed E-state index contributed by atoms with van der Waals surface area (Å²) in [4.78, 5) is 0. The molecule has 6 N–H and O–H groups in total. The second kappa shape index (κ2) is 4.51. The molecule has 6 heteroatoms. The van der Waals surface area contributed by atoms with Gasteiger partial charge in [0.1, 0.15) is 11.4 Å². The van der Waals surface area contributed by atoms with Crippen LogP contribution in [0.1, 0.15) is 0 Å². The van der Waals surface area contributed by atoms with E-state index in [2.05, 4.69) is 6.58 Å². The molecule has 0 aromatic heterocycles. The summed E-state index contributed by atoms with van der Waals surface area (Å²) >= 11 is 3.79. The van der Waals surface area contributed by atoms with Crippen LogP contribution in [0.5, 0.6) is 0 Å². The average molecular weight is 398 g/mol. The van der Waals surface area contributed by atoms with Crippen LogP contribution in [0, 0.1) is 0 Å². The van der Waals surface area contributed by atoms with E-state index in [1.165, 1.54) is 0 Å². The van der Waals surface area contributed by atoms with E-state index in [-0.39, 0.29) is 14.4 Å². The van der Waals surface area contributed by atoms with Gasteiger partial charge in [0.25, 0.3) is 0 Å². The Morgan fingerprint density at radius 3 is 1.58 bits per heavy atom. The zero-order chi connectivity index (χ0) is 9.99. The third-order valence-electron chi connectivity index (χ3n) is 1.45. The first-order valence-corrected chi connectivity index (χ1v) is 6.17. The smallest absolute Gasteiger partial charge is 0.148 e. The molecular weight excluding hydrogens is 386 g/mol. The zero-order valence-electron chi connectivity index (χ0n) is 6.43. The van der Waals surface area contributed by atoms with Crippen LogP contribution in [0.25, 0.3) is 0 Å². The van der Waals surface area contributed by atoms with Crippen LogP contribution < -0.4 is 11.5 Å². The Balaban J connectivity index is 4.60. The van der Waals surface area contributed by atoms with Gasteiger partial charge in [-0.3, -0.25) is 11.5 Å². The van der Waals surface area contributed by atoms with Crippen molar-refractivity contribution in [1.82, 2.24) is 0 Å². The van der Waals surface area contributed by atoms with Gasteiger partial charge in [0.2, 0.25) is 0 Å². The molecule has 72 valence electrons. The Morgan fingerprint density at radius 2 is 1.42 bits per heavy atom. The summed E-state index contributed by atoms with van der Waals surface area (Å²) in [6.45, 7) is 3.48. The Morgan fingerprint density at radius 1 is 1.17 bits per heavy atom. The molecule has 0 aliphatic rings. The molecule has 0 amide bonds. The van der Waals surface area contributed by atoms with E-state index in [1.54, 1.807) is 0 Å². The Kier molecular flexibility index (Phi) is 4.90. The van der Waals surface area contributed by atoms with Crippen molar-refractivity contribution in [2.45, 2.75) is 11.4 Å². The summed E-state index contributed by atoms with van der Waals surface area (Å²) in [5, 5.41) is 19.0. The van der Waals surface area contributed by atoms with Gasteiger partial charge in [0, 0.05) is 14.4 Å². The van der Waals surface area contributed by atoms with Gasteiger partial charge in [-0.1, -0.05) is 51.8 Å². The predicted molar refractivity (Wildman–Crippen MR) is 65.2 cm³/mol. The second-order valence-electron chi connectivity index (χ2n) is 2.59. The minimum atomic E-state index is -1.60. The number of aliphatic hydroxyl groups is 2. The normalized spacial score (nSPS) is 21.2. The molecule has 0 aromatic rings. The minimum Gasteiger partial charge on any atom is -0.371 e. The molecular formula is C6H12I2N2O2. The summed E-state index contributed by atoms with van der Waals surface area (Å²) in [5.41, 5.74) is 7.69. The standard InChI is InChI=1S/C6H12I2N2O2/c1-4(5(9,11)2-7)6(10,12)3-8/h11-12H,1-3,9-10H2/t5-,6+. The van der Waals surface area contributed by atoms with Gasteiger partial charge in [-0.25, -0.2) is 0 Å². The van der Waals surface area contributed by atoms with E-state index in [0.717, 1.165) is 0 Å². The molecule has 0 bridgehead atoms. The number of nitrogens with two attached hydrogens (primary N) is 2. The van der Waals surface area contributed by atoms with Gasteiger partial charge >= 0.3 is 0 Å². The average Bonchev–Trinajstić information content (AvgIpc) is 2.03. The van der Waals surface area contributed by atoms with Gasteiger partial charge in [0.05, 0.1) is 0 Å². The molecule has 4 nitrogen and oxygen atoms in total. The monoisotopic (exact) mass is 398 g/mol. The van der Waals surface area contributed by atoms with Crippen molar-refractivity contribution >= 4 is 45.2 Å². The van der Waals surface area contributed by atoms with Crippen molar-refractivity contribution in [1.29, 1.82) is 0 Å². The van der Waals surface area contributed by atoms with Crippen LogP contribution in [0.3, 0.4) is 0 Å². The molecule has 0 aromatic carbocycles. The predicted octanol–water partition coefficient (Wildman–Crippen LogP) is -0.293. The molecule has 12 heavy (non-hydrogen) atoms. The molecule has 0 aliphatic carbocycles. The number of alkyl halides is 2. The van der Waals surface area contributed by atoms with Crippen LogP contribution in [-0.4, -0.2) is 30.5 Å². The molecule has 0 rings (SSSR count). The number of rotatable bonds is 4. The van der Waals surface area contributed by atoms with E-state index in [0.29, 0.717) is 0 Å². The van der Waals surface area contributed by atoms with Crippen molar-refractivity contribution in [3.63, 3.8) is 0 Å². The second-order valence-corrected chi connectivity index (χ2v) is 4.12. The topological polar surface area (TPSA) is 92.5 Å². The van der Waals surface area contributed by atoms with E-state index >= 15 is 0 Å². The zero-order valence-corrected chi connectivity index (χ0v) is 10.7. The minimum absolute atomic E-state index is 0.0406. The molecule has 2 atom stereocenters. The maximum Gasteiger partial charge on any atom is 0.148 e. The lowest BCUT2D eigenvalue weighted by Crippen LogP contribution is -2.56. The van der Waals surface area contributed by atoms with Crippen molar-refractivity contribution in [2.75, 3.05) is 8.86 Å². The molecule has 0 fully saturated rings. The highest BCUT2D eigenvalue weighted by atomic mass is 127. The highest BCUT2D eigenvalue weighted by molar-refractivity contribution is 14.1. The van der Waals surface area contributed by atoms with Crippen molar-refractivity contribution < 1.29 is 10.2 Å². The molecule has 0 saturated heterocycles. The van der Waals surface area contributed by atoms with Crippen molar-refractivity contribution in [2.24, 2.45) is 11.5 Å². The van der Waals surface area contributed by atoms with Gasteiger partial charge < -0.3 is 10.2 Å². The van der Waals surface area contributed by atoms with Crippen LogP contribution in [0.2, 0.25) is 0 Å². The van der Waals surface area contributed by atoms with Gasteiger partial charge in [-0.15, -0.1) is 0 Å². The summed E-state index contributed by atoms with van der Waals surface area (Å²) in [6, 6.07) is 0. The largest absolute Gasteiger partial charge is 0.371 e. The Hall–Kier alpha value is 1.04. The van der Waals surface area contributed by atoms with E-state index in [1.807, 2.05) is 45.2 Å². The molecule has 0 spiro atoms. The van der Waals surface area contributed by atoms with E-state index in [9.17, 15) is 10.2 Å². The van der Waals surface area contributed by atoms with Crippen LogP contribution in [0.4, 0.5) is 0 Å². The lowest BCUT2D eigenvalue weighted by atomic mass is 9.98. The Labute approximate surface area is 98.7 Å². The summed E-state index contributed by atoms with van der Waals surface area (Å²) in [6.07, 6.45) is 0. The first kappa shape index (κ1) is 13.0. The van der Waals surface area contributed by atoms with Crippen LogP contribution in [0.15, 0.2) is 12.2 Å². The van der Waals surface area contributed by atoms with E-state index < -0.39 is 11.4 Å². The number of halogens is 2. The Bertz CT molecular complexity index is 164. The number of hydrogen-bond donors (Lipinski definition) is 4. The molecule has 0 unspecified atom stereocenters. The molecule has 0 aliphatic heterocycles. The van der Waals surface area contributed by atoms with Crippen molar-refractivity contribution in [3.05, 3.63) is 12.2 Å². The third kappa shape index (κ3) is 3.07. The lowest BCUT2D eigenvalue weighted by molar-refractivity contribution is 0.0373. The lowest BCUT2D eigenvalue weighted by Gasteiger charge is -2.32. The van der Waals surface area contributed by atoms with Crippen LogP contribution >= 0.6 is 45.2 Å². The van der Waals surface area contributed by atoms with Crippen molar-refractivity contribution in [3.8, 4) is 0 Å². The fourth-order valence-electron chi connectivity index (χ4n) is 0.536. The van der Waals surface area contributed by atoms with Gasteiger partial charge in [-0.2, -0.15) is 0 Å². The summed E-state index contributed by atoms with van der Waals surface area (Å²) in [5.74, 6) is 0. The number of hydrogen-bond acceptors (Lipinski definition) is 4. The van der Waals surface area contributed by atoms with Crippen LogP contribution in [-0.2, 0) is 0 Å². The first-order chi connectivity index (χ1) is 5.28. The fourth-order valence-corrected chi connectivity index (χ4v) is 1.46. The quantitative estimate of drug-likeness (QED) is 0.227. The molecule has 0 saturated carbocycles. The summed E-state index contributed by atoms with van der Waals surface area (Å²) < 4.78 is 0.472. The fraction of sp³-hybridized carbons (Fsp3) is 0.667. The molecule has 0 heterocycles. The SMILES string of the molecule is C=C([C@@](N)(O)CI)[C@](N)(O)CI. The maximum absolute atomic E-state index is 9.49. The first-order valence-electron chi connectivity index (χ1n) is 3.12. The highest BCUT2D eigenvalue weighted by Crippen LogP contribution is 2.22. The summed E-state index contributed by atoms with van der Waals surface area (Å²) in [7, 11) is 0. The van der Waals surface area contributed by atoms with E-state index in [4.69, 9.17) is 11.5 Å². The van der Waals surface area contributed by atoms with Gasteiger partial charge in [0.15, 0.2) is 0 Å². The molecule has 0 radical (unpaired) electrons.